The van der Waals surface area contributed by atoms with Gasteiger partial charge in [-0.3, -0.25) is 4.79 Å². The number of aromatic amines is 1. The lowest BCUT2D eigenvalue weighted by molar-refractivity contribution is 0.689. The predicted octanol–water partition coefficient (Wildman–Crippen LogP) is 3.23. The predicted molar refractivity (Wildman–Crippen MR) is 63.1 cm³/mol. The van der Waals surface area contributed by atoms with Gasteiger partial charge in [-0.25, -0.2) is 0 Å². The summed E-state index contributed by atoms with van der Waals surface area (Å²) in [5.74, 6) is 0.684. The largest absolute Gasteiger partial charge is 0.321 e. The number of pyridine rings is 1. The van der Waals surface area contributed by atoms with Crippen LogP contribution in [0.2, 0.25) is 5.02 Å². The van der Waals surface area contributed by atoms with E-state index in [0.717, 1.165) is 5.69 Å². The van der Waals surface area contributed by atoms with Crippen molar-refractivity contribution in [1.82, 2.24) is 4.98 Å². The molecule has 1 aromatic rings. The molecular formula is C12H14ClNO. The van der Waals surface area contributed by atoms with Gasteiger partial charge in [0.25, 0.3) is 5.56 Å². The van der Waals surface area contributed by atoms with Gasteiger partial charge in [0.2, 0.25) is 0 Å². The molecule has 0 radical (unpaired) electrons. The van der Waals surface area contributed by atoms with Crippen LogP contribution >= 0.6 is 11.6 Å². The van der Waals surface area contributed by atoms with Crippen molar-refractivity contribution in [2.75, 3.05) is 0 Å². The highest BCUT2D eigenvalue weighted by molar-refractivity contribution is 6.30. The molecule has 1 aromatic heterocycles. The minimum atomic E-state index is -0.217. The summed E-state index contributed by atoms with van der Waals surface area (Å²) < 4.78 is 0. The summed E-state index contributed by atoms with van der Waals surface area (Å²) in [6.07, 6.45) is 9.36. The summed E-state index contributed by atoms with van der Waals surface area (Å²) in [6, 6.07) is 3.46. The highest BCUT2D eigenvalue weighted by Crippen LogP contribution is 2.26. The fourth-order valence-electron chi connectivity index (χ4n) is 1.96. The van der Waals surface area contributed by atoms with E-state index in [1.54, 1.807) is 6.07 Å². The first-order chi connectivity index (χ1) is 7.25. The zero-order chi connectivity index (χ0) is 10.7. The van der Waals surface area contributed by atoms with Gasteiger partial charge >= 0.3 is 0 Å². The number of hydrogen-bond acceptors (Lipinski definition) is 1. The summed E-state index contributed by atoms with van der Waals surface area (Å²) in [6.45, 7) is 0. The van der Waals surface area contributed by atoms with E-state index in [1.807, 2.05) is 12.1 Å². The van der Waals surface area contributed by atoms with Crippen LogP contribution < -0.4 is 5.56 Å². The van der Waals surface area contributed by atoms with Gasteiger partial charge in [-0.05, 0) is 37.0 Å². The number of aromatic nitrogens is 1. The third kappa shape index (κ3) is 2.72. The van der Waals surface area contributed by atoms with Crippen LogP contribution in [0.4, 0.5) is 0 Å². The number of halogens is 1. The van der Waals surface area contributed by atoms with Gasteiger partial charge in [-0.1, -0.05) is 30.5 Å². The van der Waals surface area contributed by atoms with E-state index in [-0.39, 0.29) is 10.6 Å². The van der Waals surface area contributed by atoms with E-state index in [9.17, 15) is 4.79 Å². The van der Waals surface area contributed by atoms with E-state index < -0.39 is 0 Å². The second kappa shape index (κ2) is 4.67. The van der Waals surface area contributed by atoms with E-state index in [0.29, 0.717) is 5.92 Å². The third-order valence-corrected chi connectivity index (χ3v) is 3.13. The maximum Gasteiger partial charge on any atom is 0.267 e. The van der Waals surface area contributed by atoms with Gasteiger partial charge in [0, 0.05) is 5.69 Å². The fourth-order valence-corrected chi connectivity index (χ4v) is 2.07. The van der Waals surface area contributed by atoms with Crippen LogP contribution in [-0.2, 0) is 0 Å². The molecule has 1 fully saturated rings. The Hall–Kier alpha value is -1.02. The van der Waals surface area contributed by atoms with Gasteiger partial charge in [-0.15, -0.1) is 0 Å². The van der Waals surface area contributed by atoms with E-state index in [4.69, 9.17) is 11.6 Å². The van der Waals surface area contributed by atoms with Gasteiger partial charge in [0.05, 0.1) is 0 Å². The summed E-state index contributed by atoms with van der Waals surface area (Å²) in [5.41, 5.74) is 0.613. The number of allylic oxidation sites excluding steroid dienone is 1. The topological polar surface area (TPSA) is 32.9 Å². The smallest absolute Gasteiger partial charge is 0.267 e. The van der Waals surface area contributed by atoms with Gasteiger partial charge in [0.1, 0.15) is 5.02 Å². The van der Waals surface area contributed by atoms with Crippen LogP contribution in [-0.4, -0.2) is 4.98 Å². The Morgan fingerprint density at radius 1 is 1.33 bits per heavy atom. The molecule has 0 aliphatic heterocycles. The van der Waals surface area contributed by atoms with Crippen LogP contribution in [0.25, 0.3) is 6.08 Å². The molecule has 0 aromatic carbocycles. The Bertz CT molecular complexity index is 416. The first kappa shape index (κ1) is 10.5. The first-order valence-electron chi connectivity index (χ1n) is 5.33. The van der Waals surface area contributed by atoms with Crippen LogP contribution in [0, 0.1) is 5.92 Å². The fraction of sp³-hybridized carbons (Fsp3) is 0.417. The molecule has 1 heterocycles. The van der Waals surface area contributed by atoms with Gasteiger partial charge < -0.3 is 4.98 Å². The third-order valence-electron chi connectivity index (χ3n) is 2.83. The van der Waals surface area contributed by atoms with Crippen molar-refractivity contribution in [2.24, 2.45) is 5.92 Å². The molecule has 0 amide bonds. The molecule has 80 valence electrons. The minimum absolute atomic E-state index is 0.217. The van der Waals surface area contributed by atoms with E-state index in [2.05, 4.69) is 11.1 Å². The SMILES string of the molecule is O=c1[nH]c(C=CC2CCCC2)ccc1Cl. The van der Waals surface area contributed by atoms with Crippen molar-refractivity contribution in [2.45, 2.75) is 25.7 Å². The quantitative estimate of drug-likeness (QED) is 0.821. The monoisotopic (exact) mass is 223 g/mol. The Morgan fingerprint density at radius 2 is 2.07 bits per heavy atom. The maximum atomic E-state index is 11.2. The van der Waals surface area contributed by atoms with Crippen LogP contribution in [0.1, 0.15) is 31.4 Å². The lowest BCUT2D eigenvalue weighted by atomic mass is 10.1. The molecule has 2 rings (SSSR count). The van der Waals surface area contributed by atoms with Crippen LogP contribution in [0.5, 0.6) is 0 Å². The van der Waals surface area contributed by atoms with Crippen LogP contribution in [0.3, 0.4) is 0 Å². The van der Waals surface area contributed by atoms with Gasteiger partial charge in [-0.2, -0.15) is 0 Å². The van der Waals surface area contributed by atoms with Crippen LogP contribution in [0.15, 0.2) is 23.0 Å². The van der Waals surface area contributed by atoms with Crippen molar-refractivity contribution in [3.05, 3.63) is 39.3 Å². The molecule has 0 spiro atoms. The second-order valence-corrected chi connectivity index (χ2v) is 4.40. The summed E-state index contributed by atoms with van der Waals surface area (Å²) >= 11 is 5.64. The molecule has 2 nitrogen and oxygen atoms in total. The minimum Gasteiger partial charge on any atom is -0.321 e. The molecule has 3 heteroatoms. The van der Waals surface area contributed by atoms with Crippen molar-refractivity contribution in [1.29, 1.82) is 0 Å². The molecule has 15 heavy (non-hydrogen) atoms. The lowest BCUT2D eigenvalue weighted by Gasteiger charge is -2.00. The summed E-state index contributed by atoms with van der Waals surface area (Å²) in [5, 5.41) is 0.244. The number of nitrogens with one attached hydrogen (secondary N) is 1. The first-order valence-corrected chi connectivity index (χ1v) is 5.70. The number of rotatable bonds is 2. The average molecular weight is 224 g/mol. The molecule has 0 unspecified atom stereocenters. The van der Waals surface area contributed by atoms with E-state index >= 15 is 0 Å². The standard InChI is InChI=1S/C12H14ClNO/c13-11-8-7-10(14-12(11)15)6-5-9-3-1-2-4-9/h5-9H,1-4H2,(H,14,15). The number of hydrogen-bond donors (Lipinski definition) is 1. The average Bonchev–Trinajstić information content (AvgIpc) is 2.73. The Labute approximate surface area is 94.0 Å². The van der Waals surface area contributed by atoms with Crippen molar-refractivity contribution in [3.8, 4) is 0 Å². The summed E-state index contributed by atoms with van der Waals surface area (Å²) in [4.78, 5) is 13.9. The molecule has 0 bridgehead atoms. The maximum absolute atomic E-state index is 11.2. The van der Waals surface area contributed by atoms with E-state index in [1.165, 1.54) is 25.7 Å². The molecule has 1 aliphatic rings. The highest BCUT2D eigenvalue weighted by atomic mass is 35.5. The zero-order valence-corrected chi connectivity index (χ0v) is 9.26. The Balaban J connectivity index is 2.09. The Kier molecular flexibility index (Phi) is 3.27. The van der Waals surface area contributed by atoms with Gasteiger partial charge in [0.15, 0.2) is 0 Å². The molecule has 1 saturated carbocycles. The Morgan fingerprint density at radius 3 is 2.73 bits per heavy atom. The summed E-state index contributed by atoms with van der Waals surface area (Å²) in [7, 11) is 0. The van der Waals surface area contributed by atoms with Crippen molar-refractivity contribution in [3.63, 3.8) is 0 Å². The molecule has 0 atom stereocenters. The molecule has 0 saturated heterocycles. The molecule has 1 aliphatic carbocycles. The zero-order valence-electron chi connectivity index (χ0n) is 8.50. The molecular weight excluding hydrogens is 210 g/mol. The second-order valence-electron chi connectivity index (χ2n) is 3.99. The van der Waals surface area contributed by atoms with Crippen molar-refractivity contribution < 1.29 is 0 Å². The highest BCUT2D eigenvalue weighted by Gasteiger charge is 2.10. The normalized spacial score (nSPS) is 17.7. The number of H-pyrrole nitrogens is 1. The molecule has 1 N–H and O–H groups in total. The van der Waals surface area contributed by atoms with Crippen molar-refractivity contribution >= 4 is 17.7 Å². The lowest BCUT2D eigenvalue weighted by Crippen LogP contribution is -2.06.